The molecule has 0 aliphatic carbocycles. The number of aromatic hydroxyl groups is 2. The van der Waals surface area contributed by atoms with Gasteiger partial charge in [0.15, 0.2) is 0 Å². The largest absolute Gasteiger partial charge is 0.507 e. The molecule has 0 spiro atoms. The summed E-state index contributed by atoms with van der Waals surface area (Å²) in [6, 6.07) is 18.9. The van der Waals surface area contributed by atoms with Crippen LogP contribution in [0.15, 0.2) is 117 Å². The number of nitrogens with one attached hydrogen (secondary N) is 4. The molecular weight excluding hydrogens is 813 g/mol. The van der Waals surface area contributed by atoms with Gasteiger partial charge in [-0.3, -0.25) is 18.5 Å². The molecule has 0 heterocycles. The summed E-state index contributed by atoms with van der Waals surface area (Å²) < 4.78 is 124. The summed E-state index contributed by atoms with van der Waals surface area (Å²) in [7, 11) is -18.1. The summed E-state index contributed by atoms with van der Waals surface area (Å²) in [4.78, 5) is 11.2. The Labute approximate surface area is 320 Å². The van der Waals surface area contributed by atoms with Crippen LogP contribution in [0.25, 0.3) is 21.5 Å². The quantitative estimate of drug-likeness (QED) is 0.0763. The number of rotatable bonds is 10. The van der Waals surface area contributed by atoms with Crippen LogP contribution in [-0.2, 0) is 40.3 Å². The molecule has 0 aromatic heterocycles. The first-order valence-electron chi connectivity index (χ1n) is 15.8. The molecule has 56 heavy (non-hydrogen) atoms. The highest BCUT2D eigenvalue weighted by atomic mass is 32.2. The number of carbonyl (C=O) groups is 1. The molecule has 0 unspecified atom stereocenters. The SMILES string of the molecule is Cc1cc(S(=O)(=O)Nc2cccc3c(O)cc(S(=O)(=O)O)cc23)ccc1NC(=O)Nc1ccc(S(=O)(=O)Nc2cccc3c(O)cc(S(=O)(=O)O)cc23)cc1C. The number of hydrogen-bond donors (Lipinski definition) is 8. The van der Waals surface area contributed by atoms with Crippen LogP contribution in [0.4, 0.5) is 27.5 Å². The minimum Gasteiger partial charge on any atom is -0.507 e. The highest BCUT2D eigenvalue weighted by Gasteiger charge is 2.22. The second-order valence-electron chi connectivity index (χ2n) is 12.4. The Bertz CT molecular complexity index is 2880. The minimum absolute atomic E-state index is 0.00426. The van der Waals surface area contributed by atoms with Crippen LogP contribution in [0.5, 0.6) is 11.5 Å². The zero-order chi connectivity index (χ0) is 41.0. The van der Waals surface area contributed by atoms with E-state index in [1.165, 1.54) is 86.6 Å². The van der Waals surface area contributed by atoms with Crippen molar-refractivity contribution in [2.45, 2.75) is 33.4 Å². The van der Waals surface area contributed by atoms with Crippen LogP contribution in [0, 0.1) is 13.8 Å². The van der Waals surface area contributed by atoms with Gasteiger partial charge in [-0.05, 0) is 85.6 Å². The van der Waals surface area contributed by atoms with Gasteiger partial charge >= 0.3 is 6.03 Å². The fourth-order valence-electron chi connectivity index (χ4n) is 5.73. The van der Waals surface area contributed by atoms with Gasteiger partial charge in [0, 0.05) is 45.1 Å². The van der Waals surface area contributed by atoms with Crippen molar-refractivity contribution >= 4 is 90.6 Å². The second-order valence-corrected chi connectivity index (χ2v) is 18.6. The number of sulfonamides is 2. The molecule has 0 aliphatic rings. The number of urea groups is 1. The van der Waals surface area contributed by atoms with Gasteiger partial charge in [-0.15, -0.1) is 0 Å². The number of aryl methyl sites for hydroxylation is 2. The van der Waals surface area contributed by atoms with E-state index in [4.69, 9.17) is 0 Å². The van der Waals surface area contributed by atoms with Crippen molar-refractivity contribution in [2.75, 3.05) is 20.1 Å². The molecule has 6 aromatic carbocycles. The topological polar surface area (TPSA) is 283 Å². The van der Waals surface area contributed by atoms with E-state index in [-0.39, 0.29) is 54.1 Å². The summed E-state index contributed by atoms with van der Waals surface area (Å²) in [6.07, 6.45) is 0. The third-order valence-electron chi connectivity index (χ3n) is 8.49. The van der Waals surface area contributed by atoms with Gasteiger partial charge in [0.2, 0.25) is 0 Å². The van der Waals surface area contributed by atoms with E-state index in [9.17, 15) is 57.8 Å². The van der Waals surface area contributed by atoms with Gasteiger partial charge in [0.05, 0.1) is 31.0 Å². The fourth-order valence-corrected chi connectivity index (χ4v) is 9.11. The normalized spacial score (nSPS) is 12.4. The van der Waals surface area contributed by atoms with E-state index in [1.807, 2.05) is 0 Å². The summed E-state index contributed by atoms with van der Waals surface area (Å²) in [5, 5.41) is 26.0. The molecular formula is C35H30N4O13S4. The van der Waals surface area contributed by atoms with Crippen LogP contribution < -0.4 is 20.1 Å². The van der Waals surface area contributed by atoms with Crippen molar-refractivity contribution in [3.8, 4) is 11.5 Å². The Kier molecular flexibility index (Phi) is 10.1. The molecule has 6 rings (SSSR count). The average molecular weight is 843 g/mol. The van der Waals surface area contributed by atoms with E-state index < -0.39 is 67.6 Å². The standard InChI is InChI=1S/C35H30N4O13S4/c1-19-13-21(53(43,44)38-31-7-3-5-25-27(31)15-23(17-33(25)40)55(47,48)49)9-11-29(19)36-35(42)37-30-12-10-22(14-20(30)2)54(45,46)39-32-8-4-6-26-28(32)16-24(18-34(26)41)56(50,51)52/h3-18,38-41H,1-2H3,(H2,36,37,42)(H,47,48,49)(H,50,51,52). The van der Waals surface area contributed by atoms with Crippen molar-refractivity contribution in [3.05, 3.63) is 108 Å². The molecule has 0 fully saturated rings. The summed E-state index contributed by atoms with van der Waals surface area (Å²) >= 11 is 0. The Balaban J connectivity index is 1.17. The lowest BCUT2D eigenvalue weighted by Crippen LogP contribution is -2.21. The zero-order valence-corrected chi connectivity index (χ0v) is 32.1. The molecule has 17 nitrogen and oxygen atoms in total. The monoisotopic (exact) mass is 842 g/mol. The van der Waals surface area contributed by atoms with Gasteiger partial charge in [0.1, 0.15) is 11.5 Å². The van der Waals surface area contributed by atoms with Gasteiger partial charge in [-0.25, -0.2) is 21.6 Å². The number of amides is 2. The number of anilines is 4. The second kappa shape index (κ2) is 14.3. The maximum absolute atomic E-state index is 13.4. The third-order valence-corrected chi connectivity index (χ3v) is 12.9. The van der Waals surface area contributed by atoms with E-state index in [2.05, 4.69) is 20.1 Å². The summed E-state index contributed by atoms with van der Waals surface area (Å²) in [5.41, 5.74) is 0.900. The van der Waals surface area contributed by atoms with E-state index >= 15 is 0 Å². The molecule has 2 amide bonds. The lowest BCUT2D eigenvalue weighted by atomic mass is 10.1. The first kappa shape index (κ1) is 39.7. The first-order chi connectivity index (χ1) is 26.0. The van der Waals surface area contributed by atoms with Gasteiger partial charge in [-0.2, -0.15) is 16.8 Å². The summed E-state index contributed by atoms with van der Waals surface area (Å²) in [6.45, 7) is 3.06. The van der Waals surface area contributed by atoms with Crippen LogP contribution in [0.1, 0.15) is 11.1 Å². The van der Waals surface area contributed by atoms with Crippen LogP contribution in [0.2, 0.25) is 0 Å². The van der Waals surface area contributed by atoms with Crippen molar-refractivity contribution in [3.63, 3.8) is 0 Å². The molecule has 0 bridgehead atoms. The molecule has 0 atom stereocenters. The molecule has 0 radical (unpaired) electrons. The Hall–Kier alpha value is -5.97. The van der Waals surface area contributed by atoms with Crippen molar-refractivity contribution < 1.29 is 57.8 Å². The number of phenols is 2. The molecule has 6 aromatic rings. The smallest absolute Gasteiger partial charge is 0.323 e. The number of fused-ring (bicyclic) bond motifs is 2. The summed E-state index contributed by atoms with van der Waals surface area (Å²) in [5.74, 6) is -1.01. The van der Waals surface area contributed by atoms with Crippen molar-refractivity contribution in [1.29, 1.82) is 0 Å². The van der Waals surface area contributed by atoms with E-state index in [0.717, 1.165) is 24.3 Å². The van der Waals surface area contributed by atoms with Crippen LogP contribution >= 0.6 is 0 Å². The number of carbonyl (C=O) groups excluding carboxylic acids is 1. The number of phenolic OH excluding ortho intramolecular Hbond substituents is 2. The Morgan fingerprint density at radius 1 is 0.464 bits per heavy atom. The third kappa shape index (κ3) is 8.17. The van der Waals surface area contributed by atoms with Crippen molar-refractivity contribution in [1.82, 2.24) is 0 Å². The predicted octanol–water partition coefficient (Wildman–Crippen LogP) is 5.76. The molecule has 0 saturated heterocycles. The highest BCUT2D eigenvalue weighted by Crippen LogP contribution is 2.36. The van der Waals surface area contributed by atoms with Crippen LogP contribution in [0.3, 0.4) is 0 Å². The Morgan fingerprint density at radius 3 is 1.18 bits per heavy atom. The number of benzene rings is 6. The minimum atomic E-state index is -4.73. The Morgan fingerprint density at radius 2 is 0.839 bits per heavy atom. The lowest BCUT2D eigenvalue weighted by Gasteiger charge is -2.15. The average Bonchev–Trinajstić information content (AvgIpc) is 3.09. The lowest BCUT2D eigenvalue weighted by molar-refractivity contribution is 0.262. The molecule has 8 N–H and O–H groups in total. The first-order valence-corrected chi connectivity index (χ1v) is 21.7. The molecule has 21 heteroatoms. The van der Waals surface area contributed by atoms with E-state index in [0.29, 0.717) is 11.1 Å². The maximum atomic E-state index is 13.4. The fraction of sp³-hybridized carbons (Fsp3) is 0.0571. The molecule has 292 valence electrons. The molecule has 0 saturated carbocycles. The number of hydrogen-bond acceptors (Lipinski definition) is 11. The van der Waals surface area contributed by atoms with Crippen LogP contribution in [-0.4, -0.2) is 59.0 Å². The highest BCUT2D eigenvalue weighted by molar-refractivity contribution is 7.93. The van der Waals surface area contributed by atoms with Gasteiger partial charge in [0.25, 0.3) is 40.3 Å². The zero-order valence-electron chi connectivity index (χ0n) is 28.8. The van der Waals surface area contributed by atoms with Crippen molar-refractivity contribution in [2.24, 2.45) is 0 Å². The van der Waals surface area contributed by atoms with E-state index in [1.54, 1.807) is 0 Å². The van der Waals surface area contributed by atoms with Gasteiger partial charge in [-0.1, -0.05) is 24.3 Å². The van der Waals surface area contributed by atoms with Gasteiger partial charge < -0.3 is 20.8 Å². The predicted molar refractivity (Wildman–Crippen MR) is 207 cm³/mol. The molecule has 0 aliphatic heterocycles. The maximum Gasteiger partial charge on any atom is 0.323 e.